The second-order valence-electron chi connectivity index (χ2n) is 4.88. The molecule has 0 bridgehead atoms. The van der Waals surface area contributed by atoms with Crippen molar-refractivity contribution in [2.75, 3.05) is 13.1 Å². The molecule has 0 spiro atoms. The average Bonchev–Trinajstić information content (AvgIpc) is 2.97. The Morgan fingerprint density at radius 1 is 1.25 bits per heavy atom. The molecule has 1 aromatic rings. The van der Waals surface area contributed by atoms with Crippen molar-refractivity contribution < 1.29 is 4.76 Å². The molecule has 4 rings (SSSR count). The predicted octanol–water partition coefficient (Wildman–Crippen LogP) is 1.82. The lowest BCUT2D eigenvalue weighted by molar-refractivity contribution is -0.493. The molecule has 0 atom stereocenters. The van der Waals surface area contributed by atoms with E-state index in [1.807, 2.05) is 41.4 Å². The predicted molar refractivity (Wildman–Crippen MR) is 76.4 cm³/mol. The van der Waals surface area contributed by atoms with Crippen molar-refractivity contribution in [3.8, 4) is 0 Å². The van der Waals surface area contributed by atoms with Crippen LogP contribution in [0, 0.1) is 4.91 Å². The fourth-order valence-electron chi connectivity index (χ4n) is 2.67. The molecule has 5 heteroatoms. The van der Waals surface area contributed by atoms with Crippen LogP contribution in [0.4, 0.5) is 0 Å². The van der Waals surface area contributed by atoms with E-state index in [9.17, 15) is 4.91 Å². The number of nitrogens with zero attached hydrogens (tertiary/aromatic N) is 3. The Morgan fingerprint density at radius 2 is 2.10 bits per heavy atom. The molecule has 0 saturated heterocycles. The first-order valence-corrected chi connectivity index (χ1v) is 6.54. The van der Waals surface area contributed by atoms with Crippen LogP contribution in [-0.2, 0) is 0 Å². The fraction of sp³-hybridized carbons (Fsp3) is 0.133. The number of nitrogens with one attached hydrogen (secondary N) is 1. The molecule has 0 radical (unpaired) electrons. The molecule has 3 aliphatic heterocycles. The number of fused-ring (bicyclic) bond motifs is 2. The Bertz CT molecular complexity index is 713. The summed E-state index contributed by atoms with van der Waals surface area (Å²) in [4.78, 5) is 18.6. The van der Waals surface area contributed by atoms with Crippen LogP contribution in [-0.4, -0.2) is 29.0 Å². The zero-order valence-corrected chi connectivity index (χ0v) is 10.8. The van der Waals surface area contributed by atoms with Gasteiger partial charge in [-0.3, -0.25) is 0 Å². The zero-order valence-electron chi connectivity index (χ0n) is 10.8. The molecule has 0 aliphatic carbocycles. The van der Waals surface area contributed by atoms with E-state index >= 15 is 0 Å². The third-order valence-corrected chi connectivity index (χ3v) is 3.65. The van der Waals surface area contributed by atoms with E-state index in [2.05, 4.69) is 16.4 Å². The van der Waals surface area contributed by atoms with Gasteiger partial charge in [0.2, 0.25) is 0 Å². The molecule has 3 aliphatic rings. The van der Waals surface area contributed by atoms with E-state index in [-0.39, 0.29) is 0 Å². The molecule has 0 fully saturated rings. The monoisotopic (exact) mass is 265 g/mol. The highest BCUT2D eigenvalue weighted by molar-refractivity contribution is 5.72. The zero-order chi connectivity index (χ0) is 13.5. The molecule has 0 amide bonds. The van der Waals surface area contributed by atoms with Gasteiger partial charge in [0.1, 0.15) is 11.9 Å². The minimum Gasteiger partial charge on any atom is -0.311 e. The third-order valence-electron chi connectivity index (χ3n) is 3.65. The molecule has 0 saturated carbocycles. The number of nitroso groups, excluding NO2 is 1. The third kappa shape index (κ3) is 1.60. The topological polar surface area (TPSA) is 47.7 Å². The summed E-state index contributed by atoms with van der Waals surface area (Å²) in [5.41, 5.74) is 2.99. The lowest BCUT2D eigenvalue weighted by Gasteiger charge is -2.25. The first-order chi connectivity index (χ1) is 9.83. The molecule has 98 valence electrons. The van der Waals surface area contributed by atoms with E-state index in [4.69, 9.17) is 0 Å². The van der Waals surface area contributed by atoms with Gasteiger partial charge in [-0.1, -0.05) is 35.2 Å². The molecule has 3 heterocycles. The van der Waals surface area contributed by atoms with E-state index < -0.39 is 0 Å². The number of rotatable bonds is 1. The summed E-state index contributed by atoms with van der Waals surface area (Å²) in [6.45, 7) is 1.06. The molecule has 5 nitrogen and oxygen atoms in total. The van der Waals surface area contributed by atoms with Crippen molar-refractivity contribution in [2.24, 2.45) is 4.99 Å². The highest BCUT2D eigenvalue weighted by atomic mass is 16.3. The maximum absolute atomic E-state index is 12.3. The van der Waals surface area contributed by atoms with Crippen molar-refractivity contribution >= 4 is 11.8 Å². The second-order valence-corrected chi connectivity index (χ2v) is 4.88. The maximum atomic E-state index is 12.3. The van der Waals surface area contributed by atoms with E-state index in [1.54, 1.807) is 6.20 Å². The lowest BCUT2D eigenvalue weighted by atomic mass is 10.0. The quantitative estimate of drug-likeness (QED) is 0.788. The van der Waals surface area contributed by atoms with Gasteiger partial charge < -0.3 is 4.90 Å². The molecular formula is C15H13N4O+. The number of hydrogen-bond acceptors (Lipinski definition) is 4. The summed E-state index contributed by atoms with van der Waals surface area (Å²) in [6.07, 6.45) is 5.70. The normalized spacial score (nSPS) is 20.2. The fourth-order valence-corrected chi connectivity index (χ4v) is 2.67. The van der Waals surface area contributed by atoms with Crippen LogP contribution in [0.5, 0.6) is 0 Å². The highest BCUT2D eigenvalue weighted by Gasteiger charge is 2.35. The van der Waals surface area contributed by atoms with Crippen LogP contribution >= 0.6 is 0 Å². The summed E-state index contributed by atoms with van der Waals surface area (Å²) >= 11 is 0. The van der Waals surface area contributed by atoms with Gasteiger partial charge in [-0.15, -0.1) is 0 Å². The van der Waals surface area contributed by atoms with Gasteiger partial charge in [-0.25, -0.2) is 10.3 Å². The molecule has 20 heavy (non-hydrogen) atoms. The van der Waals surface area contributed by atoms with Gasteiger partial charge in [0.05, 0.1) is 6.54 Å². The second kappa shape index (κ2) is 4.16. The smallest absolute Gasteiger partial charge is 0.311 e. The SMILES string of the molecule is O=[N+]1CC(c2ccccc2)=CC2=C1NC=C1N=CCN12. The van der Waals surface area contributed by atoms with Crippen LogP contribution in [0.1, 0.15) is 5.56 Å². The molecule has 0 aromatic heterocycles. The minimum absolute atomic E-state index is 0.355. The van der Waals surface area contributed by atoms with Crippen LogP contribution in [0.3, 0.4) is 0 Å². The Hall–Kier alpha value is -2.69. The average molecular weight is 265 g/mol. The summed E-state index contributed by atoms with van der Waals surface area (Å²) in [5.74, 6) is 1.45. The molecule has 1 N–H and O–H groups in total. The van der Waals surface area contributed by atoms with Crippen molar-refractivity contribution in [1.29, 1.82) is 0 Å². The number of aliphatic imine (C=N–C) groups is 1. The van der Waals surface area contributed by atoms with Crippen LogP contribution in [0.25, 0.3) is 5.57 Å². The standard InChI is InChI=1S/C15H13N4O/c20-19-10-12(11-4-2-1-3-5-11)8-13-15(19)17-9-14-16-6-7-18(13)14/h1-6,8-9,17H,7,10H2/q+1. The van der Waals surface area contributed by atoms with Crippen molar-refractivity contribution in [3.05, 3.63) is 70.4 Å². The minimum atomic E-state index is 0.355. The number of benzene rings is 1. The van der Waals surface area contributed by atoms with E-state index in [0.717, 1.165) is 27.4 Å². The van der Waals surface area contributed by atoms with Crippen LogP contribution in [0.15, 0.2) is 64.9 Å². The molecular weight excluding hydrogens is 252 g/mol. The van der Waals surface area contributed by atoms with Gasteiger partial charge in [0, 0.05) is 11.8 Å². The largest absolute Gasteiger partial charge is 0.342 e. The Balaban J connectivity index is 1.79. The Labute approximate surface area is 116 Å². The van der Waals surface area contributed by atoms with Crippen molar-refractivity contribution in [1.82, 2.24) is 10.2 Å². The number of hydrogen-bond donors (Lipinski definition) is 1. The van der Waals surface area contributed by atoms with Crippen LogP contribution in [0.2, 0.25) is 0 Å². The van der Waals surface area contributed by atoms with Gasteiger partial charge >= 0.3 is 5.82 Å². The van der Waals surface area contributed by atoms with Crippen LogP contribution < -0.4 is 5.32 Å². The highest BCUT2D eigenvalue weighted by Crippen LogP contribution is 2.31. The van der Waals surface area contributed by atoms with Crippen molar-refractivity contribution in [3.63, 3.8) is 0 Å². The van der Waals surface area contributed by atoms with Gasteiger partial charge in [-0.05, 0) is 16.4 Å². The van der Waals surface area contributed by atoms with Gasteiger partial charge in [0.25, 0.3) is 0 Å². The summed E-state index contributed by atoms with van der Waals surface area (Å²) < 4.78 is 1.00. The Kier molecular flexibility index (Phi) is 2.32. The summed E-state index contributed by atoms with van der Waals surface area (Å²) in [7, 11) is 0. The number of allylic oxidation sites excluding steroid dienone is 1. The Morgan fingerprint density at radius 3 is 2.95 bits per heavy atom. The molecule has 1 aromatic carbocycles. The van der Waals surface area contributed by atoms with Crippen molar-refractivity contribution in [2.45, 2.75) is 0 Å². The van der Waals surface area contributed by atoms with Gasteiger partial charge in [-0.2, -0.15) is 0 Å². The summed E-state index contributed by atoms with van der Waals surface area (Å²) in [6, 6.07) is 10.00. The lowest BCUT2D eigenvalue weighted by Crippen LogP contribution is -2.35. The molecule has 0 unspecified atom stereocenters. The van der Waals surface area contributed by atoms with E-state index in [0.29, 0.717) is 18.9 Å². The van der Waals surface area contributed by atoms with Gasteiger partial charge in [0.15, 0.2) is 12.4 Å². The first kappa shape index (κ1) is 11.2. The summed E-state index contributed by atoms with van der Waals surface area (Å²) in [5, 5.41) is 3.05. The first-order valence-electron chi connectivity index (χ1n) is 6.54. The van der Waals surface area contributed by atoms with E-state index in [1.165, 1.54) is 0 Å². The maximum Gasteiger partial charge on any atom is 0.342 e.